The number of nitrogens with one attached hydrogen (secondary N) is 1. The number of fused-ring (bicyclic) bond motifs is 1. The summed E-state index contributed by atoms with van der Waals surface area (Å²) < 4.78 is 0. The second-order valence-corrected chi connectivity index (χ2v) is 7.88. The predicted octanol–water partition coefficient (Wildman–Crippen LogP) is 4.49. The van der Waals surface area contributed by atoms with Crippen LogP contribution in [0.5, 0.6) is 0 Å². The standard InChI is InChI=1S/C24H27N3O2/c1-17-7-5-10-19(15-17)27-21(23-20(24(27)29)11-6-13-26-23)16-22(28)25-14-12-18-8-3-2-4-9-18/h5-8,10-11,13,15,21H,2-4,9,12,14,16H2,1H3,(H,25,28)/t21-/m1/s1. The number of carbonyl (C=O) groups excluding carboxylic acids is 2. The molecule has 2 heterocycles. The zero-order valence-corrected chi connectivity index (χ0v) is 16.9. The van der Waals surface area contributed by atoms with E-state index in [0.717, 1.165) is 30.5 Å². The van der Waals surface area contributed by atoms with E-state index in [-0.39, 0.29) is 24.3 Å². The lowest BCUT2D eigenvalue weighted by molar-refractivity contribution is -0.121. The summed E-state index contributed by atoms with van der Waals surface area (Å²) in [7, 11) is 0. The van der Waals surface area contributed by atoms with Crippen LogP contribution in [0.1, 0.15) is 66.2 Å². The third-order valence-corrected chi connectivity index (χ3v) is 5.73. The van der Waals surface area contributed by atoms with Gasteiger partial charge in [-0.1, -0.05) is 23.8 Å². The van der Waals surface area contributed by atoms with Crippen molar-refractivity contribution in [3.63, 3.8) is 0 Å². The van der Waals surface area contributed by atoms with E-state index in [1.54, 1.807) is 23.2 Å². The molecule has 0 bridgehead atoms. The molecule has 4 rings (SSSR count). The van der Waals surface area contributed by atoms with Gasteiger partial charge in [-0.05, 0) is 68.9 Å². The normalized spacial score (nSPS) is 18.4. The second kappa shape index (κ2) is 8.60. The minimum atomic E-state index is -0.380. The first-order valence-electron chi connectivity index (χ1n) is 10.4. The zero-order valence-electron chi connectivity index (χ0n) is 16.9. The van der Waals surface area contributed by atoms with Crippen molar-refractivity contribution in [2.45, 2.75) is 51.5 Å². The molecule has 0 fully saturated rings. The first-order valence-corrected chi connectivity index (χ1v) is 10.4. The summed E-state index contributed by atoms with van der Waals surface area (Å²) in [6.07, 6.45) is 9.93. The summed E-state index contributed by atoms with van der Waals surface area (Å²) in [6, 6.07) is 11.0. The molecule has 2 aromatic rings. The number of carbonyl (C=O) groups is 2. The van der Waals surface area contributed by atoms with Crippen molar-refractivity contribution in [1.29, 1.82) is 0 Å². The van der Waals surface area contributed by atoms with Crippen molar-refractivity contribution in [2.75, 3.05) is 11.4 Å². The number of aromatic nitrogens is 1. The second-order valence-electron chi connectivity index (χ2n) is 7.88. The van der Waals surface area contributed by atoms with Crippen LogP contribution >= 0.6 is 0 Å². The first kappa shape index (κ1) is 19.4. The molecule has 5 nitrogen and oxygen atoms in total. The summed E-state index contributed by atoms with van der Waals surface area (Å²) in [6.45, 7) is 2.64. The van der Waals surface area contributed by atoms with Crippen LogP contribution in [0.3, 0.4) is 0 Å². The number of allylic oxidation sites excluding steroid dienone is 1. The number of nitrogens with zero attached hydrogens (tertiary/aromatic N) is 2. The highest BCUT2D eigenvalue weighted by molar-refractivity contribution is 6.11. The van der Waals surface area contributed by atoms with Crippen molar-refractivity contribution in [2.24, 2.45) is 0 Å². The summed E-state index contributed by atoms with van der Waals surface area (Å²) in [5.41, 5.74) is 4.59. The number of benzene rings is 1. The van der Waals surface area contributed by atoms with Gasteiger partial charge in [0.05, 0.1) is 23.7 Å². The average molecular weight is 389 g/mol. The Balaban J connectivity index is 1.49. The van der Waals surface area contributed by atoms with Gasteiger partial charge in [-0.2, -0.15) is 0 Å². The number of hydrogen-bond donors (Lipinski definition) is 1. The Bertz CT molecular complexity index is 951. The fraction of sp³-hybridized carbons (Fsp3) is 0.375. The maximum Gasteiger partial charge on any atom is 0.260 e. The Labute approximate surface area is 171 Å². The van der Waals surface area contributed by atoms with Crippen molar-refractivity contribution in [1.82, 2.24) is 10.3 Å². The SMILES string of the molecule is Cc1cccc(N2C(=O)c3cccnc3[C@H]2CC(=O)NCCC2=CCCCC2)c1. The number of anilines is 1. The van der Waals surface area contributed by atoms with E-state index in [1.165, 1.54) is 18.4 Å². The van der Waals surface area contributed by atoms with E-state index in [9.17, 15) is 9.59 Å². The highest BCUT2D eigenvalue weighted by atomic mass is 16.2. The van der Waals surface area contributed by atoms with E-state index in [0.29, 0.717) is 17.8 Å². The molecule has 0 spiro atoms. The van der Waals surface area contributed by atoms with Gasteiger partial charge in [0.1, 0.15) is 0 Å². The van der Waals surface area contributed by atoms with Crippen molar-refractivity contribution < 1.29 is 9.59 Å². The smallest absolute Gasteiger partial charge is 0.260 e. The molecule has 0 saturated carbocycles. The lowest BCUT2D eigenvalue weighted by Gasteiger charge is -2.25. The molecule has 2 aliphatic rings. The topological polar surface area (TPSA) is 62.3 Å². The maximum atomic E-state index is 13.1. The molecule has 1 N–H and O–H groups in total. The first-order chi connectivity index (χ1) is 14.1. The molecular weight excluding hydrogens is 362 g/mol. The number of aryl methyl sites for hydroxylation is 1. The van der Waals surface area contributed by atoms with Crippen LogP contribution in [0.25, 0.3) is 0 Å². The van der Waals surface area contributed by atoms with E-state index in [4.69, 9.17) is 0 Å². The lowest BCUT2D eigenvalue weighted by Crippen LogP contribution is -2.33. The number of rotatable bonds is 6. The fourth-order valence-electron chi connectivity index (χ4n) is 4.26. The number of amides is 2. The van der Waals surface area contributed by atoms with Gasteiger partial charge in [0.2, 0.25) is 5.91 Å². The van der Waals surface area contributed by atoms with Gasteiger partial charge in [0, 0.05) is 18.4 Å². The zero-order chi connectivity index (χ0) is 20.2. The summed E-state index contributed by atoms with van der Waals surface area (Å²) in [4.78, 5) is 31.9. The fourth-order valence-corrected chi connectivity index (χ4v) is 4.26. The van der Waals surface area contributed by atoms with Crippen LogP contribution in [0.2, 0.25) is 0 Å². The third kappa shape index (κ3) is 4.24. The highest BCUT2D eigenvalue weighted by Gasteiger charge is 2.39. The van der Waals surface area contributed by atoms with E-state index >= 15 is 0 Å². The molecule has 1 aromatic carbocycles. The Morgan fingerprint density at radius 3 is 2.93 bits per heavy atom. The van der Waals surface area contributed by atoms with Crippen LogP contribution in [-0.4, -0.2) is 23.3 Å². The van der Waals surface area contributed by atoms with Gasteiger partial charge in [-0.3, -0.25) is 19.5 Å². The summed E-state index contributed by atoms with van der Waals surface area (Å²) >= 11 is 0. The molecule has 0 saturated heterocycles. The number of hydrogen-bond acceptors (Lipinski definition) is 3. The van der Waals surface area contributed by atoms with Gasteiger partial charge in [0.25, 0.3) is 5.91 Å². The largest absolute Gasteiger partial charge is 0.356 e. The summed E-state index contributed by atoms with van der Waals surface area (Å²) in [5, 5.41) is 3.04. The molecule has 29 heavy (non-hydrogen) atoms. The van der Waals surface area contributed by atoms with E-state index in [2.05, 4.69) is 16.4 Å². The molecule has 1 atom stereocenters. The van der Waals surface area contributed by atoms with Gasteiger partial charge >= 0.3 is 0 Å². The van der Waals surface area contributed by atoms with Crippen LogP contribution in [0.15, 0.2) is 54.2 Å². The molecule has 1 aromatic heterocycles. The molecule has 2 amide bonds. The predicted molar refractivity (Wildman–Crippen MR) is 114 cm³/mol. The Morgan fingerprint density at radius 2 is 2.14 bits per heavy atom. The van der Waals surface area contributed by atoms with Crippen LogP contribution in [0, 0.1) is 6.92 Å². The average Bonchev–Trinajstić information content (AvgIpc) is 3.01. The number of pyridine rings is 1. The molecule has 0 unspecified atom stereocenters. The Kier molecular flexibility index (Phi) is 5.74. The van der Waals surface area contributed by atoms with Gasteiger partial charge in [-0.25, -0.2) is 0 Å². The lowest BCUT2D eigenvalue weighted by atomic mass is 9.97. The molecule has 1 aliphatic heterocycles. The van der Waals surface area contributed by atoms with E-state index < -0.39 is 0 Å². The van der Waals surface area contributed by atoms with Crippen LogP contribution < -0.4 is 10.2 Å². The highest BCUT2D eigenvalue weighted by Crippen LogP contribution is 2.38. The third-order valence-electron chi connectivity index (χ3n) is 5.73. The van der Waals surface area contributed by atoms with Crippen molar-refractivity contribution in [3.05, 3.63) is 71.1 Å². The van der Waals surface area contributed by atoms with Crippen molar-refractivity contribution in [3.8, 4) is 0 Å². The van der Waals surface area contributed by atoms with Gasteiger partial charge in [-0.15, -0.1) is 0 Å². The minimum absolute atomic E-state index is 0.0460. The Morgan fingerprint density at radius 1 is 1.24 bits per heavy atom. The molecule has 1 aliphatic carbocycles. The monoisotopic (exact) mass is 389 g/mol. The van der Waals surface area contributed by atoms with Gasteiger partial charge < -0.3 is 5.32 Å². The van der Waals surface area contributed by atoms with Crippen LogP contribution in [-0.2, 0) is 4.79 Å². The van der Waals surface area contributed by atoms with Crippen LogP contribution in [0.4, 0.5) is 5.69 Å². The summed E-state index contributed by atoms with van der Waals surface area (Å²) in [5.74, 6) is -0.140. The molecule has 5 heteroatoms. The molecule has 150 valence electrons. The molecule has 0 radical (unpaired) electrons. The molecular formula is C24H27N3O2. The van der Waals surface area contributed by atoms with Gasteiger partial charge in [0.15, 0.2) is 0 Å². The quantitative estimate of drug-likeness (QED) is 0.741. The van der Waals surface area contributed by atoms with Crippen molar-refractivity contribution >= 4 is 17.5 Å². The van der Waals surface area contributed by atoms with E-state index in [1.807, 2.05) is 31.2 Å². The minimum Gasteiger partial charge on any atom is -0.356 e. The maximum absolute atomic E-state index is 13.1. The Hall–Kier alpha value is -2.95.